The van der Waals surface area contributed by atoms with Crippen molar-refractivity contribution in [3.05, 3.63) is 74.7 Å². The average molecular weight is 373 g/mol. The van der Waals surface area contributed by atoms with E-state index in [1.54, 1.807) is 13.0 Å². The minimum Gasteiger partial charge on any atom is -0.344 e. The second-order valence-corrected chi connectivity index (χ2v) is 6.79. The molecule has 2 aromatic carbocycles. The highest BCUT2D eigenvalue weighted by Crippen LogP contribution is 2.36. The number of benzene rings is 2. The molecular formula is C20H15N5O3. The van der Waals surface area contributed by atoms with E-state index in [-0.39, 0.29) is 11.2 Å². The van der Waals surface area contributed by atoms with Gasteiger partial charge >= 0.3 is 0 Å². The van der Waals surface area contributed by atoms with Gasteiger partial charge in [0.2, 0.25) is 0 Å². The molecule has 0 aliphatic heterocycles. The number of non-ortho nitro benzene ring substituents is 1. The number of hydrogen-bond donors (Lipinski definition) is 1. The molecule has 0 bridgehead atoms. The summed E-state index contributed by atoms with van der Waals surface area (Å²) in [4.78, 5) is 31.6. The third-order valence-electron chi connectivity index (χ3n) is 5.05. The molecule has 0 unspecified atom stereocenters. The maximum Gasteiger partial charge on any atom is 0.271 e. The lowest BCUT2D eigenvalue weighted by molar-refractivity contribution is -0.384. The quantitative estimate of drug-likeness (QED) is 0.378. The summed E-state index contributed by atoms with van der Waals surface area (Å²) < 4.78 is 3.44. The molecule has 3 heterocycles. The molecule has 138 valence electrons. The van der Waals surface area contributed by atoms with Gasteiger partial charge in [0.25, 0.3) is 11.2 Å². The van der Waals surface area contributed by atoms with Gasteiger partial charge in [0.1, 0.15) is 11.5 Å². The fraction of sp³-hybridized carbons (Fsp3) is 0.100. The number of para-hydroxylation sites is 2. The molecule has 8 nitrogen and oxygen atoms in total. The maximum absolute atomic E-state index is 12.7. The zero-order valence-electron chi connectivity index (χ0n) is 15.1. The Hall–Kier alpha value is -3.94. The summed E-state index contributed by atoms with van der Waals surface area (Å²) in [6, 6.07) is 13.8. The summed E-state index contributed by atoms with van der Waals surface area (Å²) in [5, 5.41) is 12.0. The summed E-state index contributed by atoms with van der Waals surface area (Å²) >= 11 is 0. The van der Waals surface area contributed by atoms with E-state index in [2.05, 4.69) is 4.98 Å². The van der Waals surface area contributed by atoms with Crippen LogP contribution in [-0.2, 0) is 7.05 Å². The molecule has 8 heteroatoms. The average Bonchev–Trinajstić information content (AvgIpc) is 3.16. The normalized spacial score (nSPS) is 11.6. The zero-order chi connectivity index (χ0) is 19.6. The predicted octanol–water partition coefficient (Wildman–Crippen LogP) is 3.55. The molecule has 5 rings (SSSR count). The number of nitro benzene ring substituents is 1. The third-order valence-corrected chi connectivity index (χ3v) is 5.05. The standard InChI is InChI=1S/C20H15N5O3/c1-11-9-17(26)24-16-10-12(25(27)28)7-8-13(16)18(20(24)21-11)19-22-14-5-3-4-6-15(14)23(19)2/h3-10,21H,1-2H3. The van der Waals surface area contributed by atoms with Crippen LogP contribution in [0, 0.1) is 17.0 Å². The highest BCUT2D eigenvalue weighted by molar-refractivity contribution is 6.04. The van der Waals surface area contributed by atoms with E-state index in [0.29, 0.717) is 22.7 Å². The Labute approximate surface area is 157 Å². The van der Waals surface area contributed by atoms with E-state index in [9.17, 15) is 14.9 Å². The first-order chi connectivity index (χ1) is 13.5. The number of nitrogens with zero attached hydrogens (tertiary/aromatic N) is 4. The molecular weight excluding hydrogens is 358 g/mol. The summed E-state index contributed by atoms with van der Waals surface area (Å²) in [5.41, 5.74) is 3.97. The van der Waals surface area contributed by atoms with Crippen LogP contribution in [0.5, 0.6) is 0 Å². The molecule has 5 aromatic rings. The van der Waals surface area contributed by atoms with Crippen molar-refractivity contribution in [3.63, 3.8) is 0 Å². The topological polar surface area (TPSA) is 98.2 Å². The van der Waals surface area contributed by atoms with Crippen molar-refractivity contribution in [1.82, 2.24) is 18.9 Å². The van der Waals surface area contributed by atoms with Crippen molar-refractivity contribution in [2.75, 3.05) is 0 Å². The second kappa shape index (κ2) is 5.53. The lowest BCUT2D eigenvalue weighted by Crippen LogP contribution is -2.13. The van der Waals surface area contributed by atoms with Crippen LogP contribution in [0.1, 0.15) is 5.69 Å². The fourth-order valence-electron chi connectivity index (χ4n) is 3.81. The molecule has 0 spiro atoms. The number of aryl methyl sites for hydroxylation is 2. The van der Waals surface area contributed by atoms with E-state index < -0.39 is 4.92 Å². The van der Waals surface area contributed by atoms with Gasteiger partial charge in [-0.25, -0.2) is 4.98 Å². The van der Waals surface area contributed by atoms with Gasteiger partial charge in [-0.3, -0.25) is 19.3 Å². The highest BCUT2D eigenvalue weighted by atomic mass is 16.6. The molecule has 28 heavy (non-hydrogen) atoms. The molecule has 1 N–H and O–H groups in total. The van der Waals surface area contributed by atoms with Gasteiger partial charge < -0.3 is 9.55 Å². The van der Waals surface area contributed by atoms with E-state index >= 15 is 0 Å². The SMILES string of the molecule is Cc1cc(=O)n2c([nH]1)c(-c1nc3ccccc3n1C)c1ccc([N+](=O)[O-])cc12. The van der Waals surface area contributed by atoms with Crippen molar-refractivity contribution >= 4 is 33.3 Å². The number of fused-ring (bicyclic) bond motifs is 4. The number of rotatable bonds is 2. The summed E-state index contributed by atoms with van der Waals surface area (Å²) in [6.45, 7) is 1.81. The van der Waals surface area contributed by atoms with Crippen LogP contribution in [0.3, 0.4) is 0 Å². The molecule has 0 aliphatic rings. The number of aromatic nitrogens is 4. The number of nitrogens with one attached hydrogen (secondary N) is 1. The molecule has 0 fully saturated rings. The van der Waals surface area contributed by atoms with Crippen molar-refractivity contribution in [1.29, 1.82) is 0 Å². The van der Waals surface area contributed by atoms with Gasteiger partial charge in [0.05, 0.1) is 27.0 Å². The molecule has 0 atom stereocenters. The van der Waals surface area contributed by atoms with Crippen molar-refractivity contribution < 1.29 is 4.92 Å². The number of nitro groups is 1. The van der Waals surface area contributed by atoms with Crippen molar-refractivity contribution in [3.8, 4) is 11.4 Å². The Morgan fingerprint density at radius 2 is 1.89 bits per heavy atom. The Morgan fingerprint density at radius 3 is 2.64 bits per heavy atom. The number of hydrogen-bond acceptors (Lipinski definition) is 4. The van der Waals surface area contributed by atoms with Gasteiger partial charge in [0.15, 0.2) is 0 Å². The monoisotopic (exact) mass is 373 g/mol. The fourth-order valence-corrected chi connectivity index (χ4v) is 3.81. The van der Waals surface area contributed by atoms with Crippen LogP contribution < -0.4 is 5.56 Å². The smallest absolute Gasteiger partial charge is 0.271 e. The van der Waals surface area contributed by atoms with Gasteiger partial charge in [-0.2, -0.15) is 0 Å². The summed E-state index contributed by atoms with van der Waals surface area (Å²) in [5.74, 6) is 0.684. The van der Waals surface area contributed by atoms with Crippen molar-refractivity contribution in [2.45, 2.75) is 6.92 Å². The molecule has 0 saturated carbocycles. The van der Waals surface area contributed by atoms with Crippen LogP contribution in [0.25, 0.3) is 39.0 Å². The van der Waals surface area contributed by atoms with E-state index in [0.717, 1.165) is 22.0 Å². The Morgan fingerprint density at radius 1 is 1.11 bits per heavy atom. The van der Waals surface area contributed by atoms with Crippen LogP contribution in [0.2, 0.25) is 0 Å². The van der Waals surface area contributed by atoms with Crippen LogP contribution in [0.15, 0.2) is 53.3 Å². The summed E-state index contributed by atoms with van der Waals surface area (Å²) in [7, 11) is 1.92. The first kappa shape index (κ1) is 16.2. The first-order valence-electron chi connectivity index (χ1n) is 8.70. The van der Waals surface area contributed by atoms with E-state index in [4.69, 9.17) is 4.98 Å². The second-order valence-electron chi connectivity index (χ2n) is 6.79. The number of imidazole rings is 1. The van der Waals surface area contributed by atoms with Gasteiger partial charge in [-0.1, -0.05) is 12.1 Å². The lowest BCUT2D eigenvalue weighted by Gasteiger charge is -2.03. The van der Waals surface area contributed by atoms with Gasteiger partial charge in [-0.15, -0.1) is 0 Å². The number of aromatic amines is 1. The lowest BCUT2D eigenvalue weighted by atomic mass is 10.1. The van der Waals surface area contributed by atoms with E-state index in [1.807, 2.05) is 35.9 Å². The minimum atomic E-state index is -0.462. The molecule has 0 aliphatic carbocycles. The molecule has 0 radical (unpaired) electrons. The molecule has 3 aromatic heterocycles. The van der Waals surface area contributed by atoms with Gasteiger partial charge in [0, 0.05) is 36.3 Å². The Kier molecular flexibility index (Phi) is 3.21. The molecule has 0 saturated heterocycles. The van der Waals surface area contributed by atoms with Crippen LogP contribution >= 0.6 is 0 Å². The number of H-pyrrole nitrogens is 1. The minimum absolute atomic E-state index is 0.0663. The van der Waals surface area contributed by atoms with Crippen LogP contribution in [0.4, 0.5) is 5.69 Å². The largest absolute Gasteiger partial charge is 0.344 e. The highest BCUT2D eigenvalue weighted by Gasteiger charge is 2.22. The molecule has 0 amide bonds. The van der Waals surface area contributed by atoms with Crippen molar-refractivity contribution in [2.24, 2.45) is 7.05 Å². The maximum atomic E-state index is 12.7. The summed E-state index contributed by atoms with van der Waals surface area (Å²) in [6.07, 6.45) is 0. The third kappa shape index (κ3) is 2.11. The zero-order valence-corrected chi connectivity index (χ0v) is 15.1. The Balaban J connectivity index is 2.01. The first-order valence-corrected chi connectivity index (χ1v) is 8.70. The Bertz CT molecular complexity index is 1490. The van der Waals surface area contributed by atoms with E-state index in [1.165, 1.54) is 22.6 Å². The predicted molar refractivity (Wildman–Crippen MR) is 107 cm³/mol. The van der Waals surface area contributed by atoms with Crippen LogP contribution in [-0.4, -0.2) is 23.9 Å². The van der Waals surface area contributed by atoms with Gasteiger partial charge in [-0.05, 0) is 25.1 Å².